The van der Waals surface area contributed by atoms with Crippen molar-refractivity contribution in [1.29, 1.82) is 0 Å². The Morgan fingerprint density at radius 2 is 1.91 bits per heavy atom. The molecule has 2 heterocycles. The largest absolute Gasteiger partial charge is 0.497 e. The zero-order chi connectivity index (χ0) is 15.3. The van der Waals surface area contributed by atoms with Crippen molar-refractivity contribution in [3.63, 3.8) is 0 Å². The molecule has 0 aliphatic rings. The Balaban J connectivity index is 1.95. The van der Waals surface area contributed by atoms with Gasteiger partial charge in [0.15, 0.2) is 0 Å². The molecule has 0 fully saturated rings. The van der Waals surface area contributed by atoms with Crippen LogP contribution in [0.2, 0.25) is 0 Å². The molecular weight excluding hydrogens is 278 g/mol. The Morgan fingerprint density at radius 3 is 2.73 bits per heavy atom. The third kappa shape index (κ3) is 1.75. The minimum absolute atomic E-state index is 0.204. The zero-order valence-corrected chi connectivity index (χ0v) is 12.3. The summed E-state index contributed by atoms with van der Waals surface area (Å²) in [7, 11) is 3.52. The van der Waals surface area contributed by atoms with Crippen LogP contribution in [-0.4, -0.2) is 26.6 Å². The molecule has 0 amide bonds. The predicted molar refractivity (Wildman–Crippen MR) is 85.8 cm³/mol. The summed E-state index contributed by atoms with van der Waals surface area (Å²) in [6.07, 6.45) is 3.75. The van der Waals surface area contributed by atoms with Crippen molar-refractivity contribution in [2.24, 2.45) is 7.05 Å². The molecule has 22 heavy (non-hydrogen) atoms. The molecule has 0 saturated heterocycles. The number of aromatic nitrogens is 3. The molecule has 0 saturated carbocycles. The smallest absolute Gasteiger partial charge is 0.203 e. The van der Waals surface area contributed by atoms with Crippen LogP contribution in [0.4, 0.5) is 0 Å². The van der Waals surface area contributed by atoms with E-state index in [4.69, 9.17) is 4.74 Å². The van der Waals surface area contributed by atoms with Gasteiger partial charge in [-0.25, -0.2) is 0 Å². The highest BCUT2D eigenvalue weighted by molar-refractivity contribution is 5.90. The summed E-state index contributed by atoms with van der Waals surface area (Å²) in [5, 5.41) is 17.6. The van der Waals surface area contributed by atoms with Crippen molar-refractivity contribution >= 4 is 21.7 Å². The minimum atomic E-state index is 0.204. The second-order valence-corrected chi connectivity index (χ2v) is 5.29. The average molecular weight is 293 g/mol. The highest BCUT2D eigenvalue weighted by Crippen LogP contribution is 2.33. The predicted octanol–water partition coefficient (Wildman–Crippen LogP) is 3.23. The topological polar surface area (TPSA) is 52.2 Å². The number of benzene rings is 2. The Bertz CT molecular complexity index is 998. The fourth-order valence-electron chi connectivity index (χ4n) is 2.78. The molecule has 2 aromatic carbocycles. The fraction of sp³-hybridized carbons (Fsp3) is 0.118. The van der Waals surface area contributed by atoms with Crippen molar-refractivity contribution in [1.82, 2.24) is 14.3 Å². The van der Waals surface area contributed by atoms with Crippen LogP contribution in [0, 0.1) is 0 Å². The van der Waals surface area contributed by atoms with E-state index in [9.17, 15) is 5.11 Å². The molecule has 4 rings (SSSR count). The van der Waals surface area contributed by atoms with E-state index in [0.717, 1.165) is 33.1 Å². The van der Waals surface area contributed by atoms with E-state index >= 15 is 0 Å². The fourth-order valence-corrected chi connectivity index (χ4v) is 2.78. The van der Waals surface area contributed by atoms with Gasteiger partial charge in [0, 0.05) is 29.4 Å². The van der Waals surface area contributed by atoms with E-state index in [1.54, 1.807) is 11.7 Å². The van der Waals surface area contributed by atoms with Gasteiger partial charge < -0.3 is 9.84 Å². The van der Waals surface area contributed by atoms with Gasteiger partial charge in [-0.2, -0.15) is 5.10 Å². The van der Waals surface area contributed by atoms with Gasteiger partial charge in [-0.05, 0) is 36.4 Å². The molecule has 5 nitrogen and oxygen atoms in total. The van der Waals surface area contributed by atoms with Crippen LogP contribution in [0.3, 0.4) is 0 Å². The zero-order valence-electron chi connectivity index (χ0n) is 12.3. The normalized spacial score (nSPS) is 11.4. The molecule has 1 N–H and O–H groups in total. The first-order valence-corrected chi connectivity index (χ1v) is 6.97. The molecule has 0 radical (unpaired) electrons. The van der Waals surface area contributed by atoms with E-state index in [1.807, 2.05) is 60.5 Å². The van der Waals surface area contributed by atoms with Gasteiger partial charge in [0.25, 0.3) is 0 Å². The first-order chi connectivity index (χ1) is 10.7. The molecule has 2 aromatic heterocycles. The molecule has 5 heteroatoms. The van der Waals surface area contributed by atoms with Crippen LogP contribution < -0.4 is 4.74 Å². The van der Waals surface area contributed by atoms with E-state index < -0.39 is 0 Å². The first-order valence-electron chi connectivity index (χ1n) is 6.97. The molecule has 0 spiro atoms. The number of aromatic hydroxyl groups is 1. The molecule has 0 aliphatic carbocycles. The maximum absolute atomic E-state index is 10.5. The number of rotatable bonds is 2. The summed E-state index contributed by atoms with van der Waals surface area (Å²) < 4.78 is 8.82. The van der Waals surface area contributed by atoms with Crippen LogP contribution in [0.15, 0.2) is 48.8 Å². The Kier molecular flexibility index (Phi) is 2.63. The third-order valence-corrected chi connectivity index (χ3v) is 4.01. The number of nitrogens with zero attached hydrogens (tertiary/aromatic N) is 3. The van der Waals surface area contributed by atoms with Gasteiger partial charge in [0.2, 0.25) is 5.88 Å². The van der Waals surface area contributed by atoms with Crippen molar-refractivity contribution in [3.05, 3.63) is 48.8 Å². The molecular formula is C17H15N3O2. The lowest BCUT2D eigenvalue weighted by Gasteiger charge is -2.05. The lowest BCUT2D eigenvalue weighted by Crippen LogP contribution is -1.93. The van der Waals surface area contributed by atoms with E-state index in [1.165, 1.54) is 0 Å². The summed E-state index contributed by atoms with van der Waals surface area (Å²) in [5.41, 5.74) is 1.91. The number of methoxy groups -OCH3 is 1. The number of ether oxygens (including phenoxy) is 1. The van der Waals surface area contributed by atoms with Crippen LogP contribution in [0.25, 0.3) is 27.4 Å². The quantitative estimate of drug-likeness (QED) is 0.617. The Hall–Kier alpha value is -2.95. The average Bonchev–Trinajstić information content (AvgIpc) is 3.08. The standard InChI is InChI=1S/C17H15N3O2/c1-19-16-7-13(5-3-11(16)9-18-19)20-10-12-4-6-14(22-2)8-15(12)17(20)21/h3-10,21H,1-2H3. The van der Waals surface area contributed by atoms with Crippen LogP contribution >= 0.6 is 0 Å². The van der Waals surface area contributed by atoms with Crippen LogP contribution in [0.5, 0.6) is 11.6 Å². The van der Waals surface area contributed by atoms with Crippen molar-refractivity contribution in [2.45, 2.75) is 0 Å². The van der Waals surface area contributed by atoms with Crippen LogP contribution in [0.1, 0.15) is 0 Å². The van der Waals surface area contributed by atoms with Gasteiger partial charge in [0.05, 0.1) is 24.5 Å². The molecule has 0 bridgehead atoms. The molecule has 4 aromatic rings. The Morgan fingerprint density at radius 1 is 1.09 bits per heavy atom. The Labute approximate surface area is 127 Å². The third-order valence-electron chi connectivity index (χ3n) is 4.01. The monoisotopic (exact) mass is 293 g/mol. The summed E-state index contributed by atoms with van der Waals surface area (Å²) >= 11 is 0. The van der Waals surface area contributed by atoms with E-state index in [0.29, 0.717) is 0 Å². The molecule has 0 unspecified atom stereocenters. The van der Waals surface area contributed by atoms with Gasteiger partial charge in [-0.3, -0.25) is 9.25 Å². The van der Waals surface area contributed by atoms with Crippen molar-refractivity contribution in [2.75, 3.05) is 7.11 Å². The van der Waals surface area contributed by atoms with E-state index in [-0.39, 0.29) is 5.88 Å². The van der Waals surface area contributed by atoms with Crippen molar-refractivity contribution < 1.29 is 9.84 Å². The number of fused-ring (bicyclic) bond motifs is 2. The lowest BCUT2D eigenvalue weighted by molar-refractivity contribution is 0.414. The number of hydrogen-bond donors (Lipinski definition) is 1. The van der Waals surface area contributed by atoms with Crippen LogP contribution in [-0.2, 0) is 7.05 Å². The van der Waals surface area contributed by atoms with E-state index in [2.05, 4.69) is 5.10 Å². The van der Waals surface area contributed by atoms with Gasteiger partial charge in [-0.15, -0.1) is 0 Å². The number of hydrogen-bond acceptors (Lipinski definition) is 3. The van der Waals surface area contributed by atoms with Gasteiger partial charge >= 0.3 is 0 Å². The highest BCUT2D eigenvalue weighted by atomic mass is 16.5. The second kappa shape index (κ2) is 4.53. The summed E-state index contributed by atoms with van der Waals surface area (Å²) in [6.45, 7) is 0. The number of aryl methyl sites for hydroxylation is 1. The SMILES string of the molecule is COc1ccc2cn(-c3ccc4cnn(C)c4c3)c(O)c2c1. The minimum Gasteiger partial charge on any atom is -0.497 e. The molecule has 110 valence electrons. The molecule has 0 atom stereocenters. The maximum atomic E-state index is 10.5. The molecule has 0 aliphatic heterocycles. The first kappa shape index (κ1) is 12.8. The maximum Gasteiger partial charge on any atom is 0.203 e. The summed E-state index contributed by atoms with van der Waals surface area (Å²) in [6, 6.07) is 11.6. The summed E-state index contributed by atoms with van der Waals surface area (Å²) in [4.78, 5) is 0. The van der Waals surface area contributed by atoms with Gasteiger partial charge in [0.1, 0.15) is 5.75 Å². The lowest BCUT2D eigenvalue weighted by atomic mass is 10.2. The summed E-state index contributed by atoms with van der Waals surface area (Å²) in [5.74, 6) is 0.929. The second-order valence-electron chi connectivity index (χ2n) is 5.29. The van der Waals surface area contributed by atoms with Crippen molar-refractivity contribution in [3.8, 4) is 17.3 Å². The van der Waals surface area contributed by atoms with Gasteiger partial charge in [-0.1, -0.05) is 0 Å². The highest BCUT2D eigenvalue weighted by Gasteiger charge is 2.11.